The van der Waals surface area contributed by atoms with Gasteiger partial charge in [0, 0.05) is 22.1 Å². The zero-order chi connectivity index (χ0) is 24.6. The fourth-order valence-electron chi connectivity index (χ4n) is 3.32. The first-order chi connectivity index (χ1) is 17.0. The number of hydrogen-bond acceptors (Lipinski definition) is 4. The number of anilines is 4. The molecule has 0 aromatic heterocycles. The number of carbonyl (C=O) groups is 2. The molecule has 1 unspecified atom stereocenters. The first-order valence-corrected chi connectivity index (χ1v) is 11.4. The molecule has 0 aliphatic heterocycles. The Bertz CT molecular complexity index is 1290. The molecule has 2 amide bonds. The van der Waals surface area contributed by atoms with Gasteiger partial charge in [0.25, 0.3) is 11.8 Å². The van der Waals surface area contributed by atoms with Crippen LogP contribution in [0.2, 0.25) is 5.02 Å². The van der Waals surface area contributed by atoms with Gasteiger partial charge in [0.2, 0.25) is 0 Å². The maximum absolute atomic E-state index is 13.0. The molecule has 0 saturated carbocycles. The van der Waals surface area contributed by atoms with Crippen LogP contribution in [0.1, 0.15) is 17.3 Å². The third-order valence-corrected chi connectivity index (χ3v) is 5.38. The van der Waals surface area contributed by atoms with E-state index in [2.05, 4.69) is 16.0 Å². The number of amides is 2. The van der Waals surface area contributed by atoms with E-state index < -0.39 is 6.10 Å². The van der Waals surface area contributed by atoms with E-state index in [4.69, 9.17) is 16.3 Å². The lowest BCUT2D eigenvalue weighted by Gasteiger charge is -2.16. The van der Waals surface area contributed by atoms with Crippen molar-refractivity contribution in [2.24, 2.45) is 0 Å². The molecule has 3 N–H and O–H groups in total. The van der Waals surface area contributed by atoms with Crippen molar-refractivity contribution in [3.63, 3.8) is 0 Å². The first kappa shape index (κ1) is 23.9. The zero-order valence-electron chi connectivity index (χ0n) is 19.0. The van der Waals surface area contributed by atoms with Crippen LogP contribution < -0.4 is 20.7 Å². The molecule has 7 heteroatoms. The van der Waals surface area contributed by atoms with Gasteiger partial charge in [-0.05, 0) is 79.7 Å². The third-order valence-electron chi connectivity index (χ3n) is 5.13. The van der Waals surface area contributed by atoms with Crippen molar-refractivity contribution in [3.8, 4) is 5.75 Å². The molecule has 0 radical (unpaired) electrons. The Morgan fingerprint density at radius 2 is 1.31 bits per heavy atom. The van der Waals surface area contributed by atoms with Gasteiger partial charge < -0.3 is 20.7 Å². The molecular weight excluding hydrogens is 462 g/mol. The number of para-hydroxylation sites is 2. The van der Waals surface area contributed by atoms with Crippen LogP contribution in [0.4, 0.5) is 22.7 Å². The van der Waals surface area contributed by atoms with Crippen LogP contribution in [0.15, 0.2) is 103 Å². The Balaban J connectivity index is 1.39. The SMILES string of the molecule is CC(Oc1ccc(Cl)cc1)C(=O)Nc1ccccc1C(=O)Nc1ccc(Nc2ccccc2)cc1. The fourth-order valence-corrected chi connectivity index (χ4v) is 3.44. The molecule has 0 fully saturated rings. The van der Waals surface area contributed by atoms with Crippen molar-refractivity contribution in [2.45, 2.75) is 13.0 Å². The number of nitrogens with one attached hydrogen (secondary N) is 3. The molecule has 1 atom stereocenters. The summed E-state index contributed by atoms with van der Waals surface area (Å²) in [5.41, 5.74) is 3.24. The van der Waals surface area contributed by atoms with Crippen molar-refractivity contribution in [2.75, 3.05) is 16.0 Å². The second-order valence-electron chi connectivity index (χ2n) is 7.77. The van der Waals surface area contributed by atoms with E-state index in [1.807, 2.05) is 54.6 Å². The number of ether oxygens (including phenoxy) is 1. The highest BCUT2D eigenvalue weighted by Gasteiger charge is 2.18. The van der Waals surface area contributed by atoms with Gasteiger partial charge in [-0.3, -0.25) is 9.59 Å². The topological polar surface area (TPSA) is 79.5 Å². The van der Waals surface area contributed by atoms with E-state index in [1.165, 1.54) is 0 Å². The molecule has 4 rings (SSSR count). The number of hydrogen-bond donors (Lipinski definition) is 3. The Kier molecular flexibility index (Phi) is 7.65. The van der Waals surface area contributed by atoms with E-state index in [1.54, 1.807) is 55.5 Å². The molecular formula is C28H24ClN3O3. The highest BCUT2D eigenvalue weighted by atomic mass is 35.5. The molecule has 4 aromatic carbocycles. The predicted octanol–water partition coefficient (Wildman–Crippen LogP) is 6.74. The average Bonchev–Trinajstić information content (AvgIpc) is 2.87. The van der Waals surface area contributed by atoms with Gasteiger partial charge >= 0.3 is 0 Å². The maximum atomic E-state index is 13.0. The van der Waals surface area contributed by atoms with Gasteiger partial charge in [0.1, 0.15) is 5.75 Å². The number of benzene rings is 4. The van der Waals surface area contributed by atoms with Crippen LogP contribution in [0, 0.1) is 0 Å². The molecule has 0 heterocycles. The molecule has 0 aliphatic rings. The summed E-state index contributed by atoms with van der Waals surface area (Å²) in [6.07, 6.45) is -0.781. The van der Waals surface area contributed by atoms with Crippen LogP contribution in [-0.2, 0) is 4.79 Å². The van der Waals surface area contributed by atoms with Gasteiger partial charge in [-0.2, -0.15) is 0 Å². The molecule has 6 nitrogen and oxygen atoms in total. The van der Waals surface area contributed by atoms with Crippen molar-refractivity contribution in [1.29, 1.82) is 0 Å². The molecule has 0 aliphatic carbocycles. The maximum Gasteiger partial charge on any atom is 0.265 e. The van der Waals surface area contributed by atoms with Crippen molar-refractivity contribution < 1.29 is 14.3 Å². The smallest absolute Gasteiger partial charge is 0.265 e. The van der Waals surface area contributed by atoms with Crippen LogP contribution in [0.5, 0.6) is 5.75 Å². The summed E-state index contributed by atoms with van der Waals surface area (Å²) < 4.78 is 5.68. The monoisotopic (exact) mass is 485 g/mol. The van der Waals surface area contributed by atoms with Crippen molar-refractivity contribution in [3.05, 3.63) is 114 Å². The van der Waals surface area contributed by atoms with Crippen LogP contribution >= 0.6 is 11.6 Å². The Labute approximate surface area is 208 Å². The minimum absolute atomic E-state index is 0.337. The predicted molar refractivity (Wildman–Crippen MR) is 141 cm³/mol. The first-order valence-electron chi connectivity index (χ1n) is 11.0. The lowest BCUT2D eigenvalue weighted by atomic mass is 10.1. The lowest BCUT2D eigenvalue weighted by Crippen LogP contribution is -2.31. The summed E-state index contributed by atoms with van der Waals surface area (Å²) in [6, 6.07) is 30.8. The van der Waals surface area contributed by atoms with E-state index in [-0.39, 0.29) is 11.8 Å². The van der Waals surface area contributed by atoms with Crippen LogP contribution in [-0.4, -0.2) is 17.9 Å². The summed E-state index contributed by atoms with van der Waals surface area (Å²) >= 11 is 5.89. The minimum Gasteiger partial charge on any atom is -0.481 e. The van der Waals surface area contributed by atoms with Crippen LogP contribution in [0.3, 0.4) is 0 Å². The summed E-state index contributed by atoms with van der Waals surface area (Å²) in [5.74, 6) is -0.194. The Hall–Kier alpha value is -4.29. The standard InChI is InChI=1S/C28H24ClN3O3/c1-19(35-24-17-11-20(29)12-18-24)27(33)32-26-10-6-5-9-25(26)28(34)31-23-15-13-22(14-16-23)30-21-7-3-2-4-8-21/h2-19,30H,1H3,(H,31,34)(H,32,33). The molecule has 0 spiro atoms. The minimum atomic E-state index is -0.781. The largest absolute Gasteiger partial charge is 0.481 e. The highest BCUT2D eigenvalue weighted by molar-refractivity contribution is 6.30. The number of carbonyl (C=O) groups excluding carboxylic acids is 2. The lowest BCUT2D eigenvalue weighted by molar-refractivity contribution is -0.122. The van der Waals surface area contributed by atoms with Crippen molar-refractivity contribution >= 4 is 46.2 Å². The summed E-state index contributed by atoms with van der Waals surface area (Å²) in [4.78, 5) is 25.7. The second kappa shape index (κ2) is 11.2. The van der Waals surface area contributed by atoms with Gasteiger partial charge in [0.05, 0.1) is 11.3 Å². The van der Waals surface area contributed by atoms with Gasteiger partial charge in [0.15, 0.2) is 6.10 Å². The number of rotatable bonds is 8. The van der Waals surface area contributed by atoms with E-state index in [0.717, 1.165) is 11.4 Å². The quantitative estimate of drug-likeness (QED) is 0.258. The fraction of sp³-hybridized carbons (Fsp3) is 0.0714. The molecule has 35 heavy (non-hydrogen) atoms. The van der Waals surface area contributed by atoms with E-state index >= 15 is 0 Å². The van der Waals surface area contributed by atoms with E-state index in [9.17, 15) is 9.59 Å². The average molecular weight is 486 g/mol. The van der Waals surface area contributed by atoms with Gasteiger partial charge in [-0.1, -0.05) is 41.9 Å². The highest BCUT2D eigenvalue weighted by Crippen LogP contribution is 2.22. The molecule has 0 saturated heterocycles. The van der Waals surface area contributed by atoms with Gasteiger partial charge in [-0.15, -0.1) is 0 Å². The van der Waals surface area contributed by atoms with E-state index in [0.29, 0.717) is 27.7 Å². The molecule has 176 valence electrons. The normalized spacial score (nSPS) is 11.3. The zero-order valence-corrected chi connectivity index (χ0v) is 19.8. The Morgan fingerprint density at radius 3 is 2.03 bits per heavy atom. The third kappa shape index (κ3) is 6.62. The number of halogens is 1. The van der Waals surface area contributed by atoms with Crippen LogP contribution in [0.25, 0.3) is 0 Å². The van der Waals surface area contributed by atoms with Gasteiger partial charge in [-0.25, -0.2) is 0 Å². The molecule has 0 bridgehead atoms. The summed E-state index contributed by atoms with van der Waals surface area (Å²) in [7, 11) is 0. The molecule has 4 aromatic rings. The Morgan fingerprint density at radius 1 is 0.714 bits per heavy atom. The second-order valence-corrected chi connectivity index (χ2v) is 8.21. The van der Waals surface area contributed by atoms with Crippen molar-refractivity contribution in [1.82, 2.24) is 0 Å². The summed E-state index contributed by atoms with van der Waals surface area (Å²) in [5, 5.41) is 9.54. The summed E-state index contributed by atoms with van der Waals surface area (Å²) in [6.45, 7) is 1.64.